The molecule has 7 heteroatoms. The van der Waals surface area contributed by atoms with E-state index in [0.717, 1.165) is 38.2 Å². The van der Waals surface area contributed by atoms with Gasteiger partial charge >= 0.3 is 0 Å². The van der Waals surface area contributed by atoms with Crippen LogP contribution in [0.4, 0.5) is 5.82 Å². The highest BCUT2D eigenvalue weighted by molar-refractivity contribution is 5.92. The minimum absolute atomic E-state index is 0.206. The van der Waals surface area contributed by atoms with Crippen LogP contribution in [0.5, 0.6) is 0 Å². The molecule has 3 rings (SSSR count). The van der Waals surface area contributed by atoms with Gasteiger partial charge in [-0.1, -0.05) is 30.3 Å². The second-order valence-corrected chi connectivity index (χ2v) is 6.25. The molecule has 2 aromatic rings. The van der Waals surface area contributed by atoms with Crippen molar-refractivity contribution in [3.8, 4) is 0 Å². The molecule has 0 unspecified atom stereocenters. The Morgan fingerprint density at radius 2 is 1.81 bits per heavy atom. The highest BCUT2D eigenvalue weighted by Crippen LogP contribution is 2.12. The van der Waals surface area contributed by atoms with Gasteiger partial charge in [0.2, 0.25) is 6.41 Å². The van der Waals surface area contributed by atoms with E-state index in [1.165, 1.54) is 5.56 Å². The Bertz CT molecular complexity index is 712. The summed E-state index contributed by atoms with van der Waals surface area (Å²) in [4.78, 5) is 26.7. The van der Waals surface area contributed by atoms with Crippen LogP contribution in [0, 0.1) is 0 Å². The summed E-state index contributed by atoms with van der Waals surface area (Å²) in [6.45, 7) is 3.39. The van der Waals surface area contributed by atoms with Crippen molar-refractivity contribution in [3.63, 3.8) is 0 Å². The first-order valence-corrected chi connectivity index (χ1v) is 8.86. The third-order valence-electron chi connectivity index (χ3n) is 4.44. The number of benzene rings is 1. The largest absolute Gasteiger partial charge is 0.352 e. The summed E-state index contributed by atoms with van der Waals surface area (Å²) in [5.74, 6) is 0.527. The molecule has 2 heterocycles. The Hall–Kier alpha value is -2.96. The number of rotatable bonds is 7. The molecular formula is C19H23N5O2. The Balaban J connectivity index is 1.44. The smallest absolute Gasteiger partial charge is 0.271 e. The van der Waals surface area contributed by atoms with Crippen molar-refractivity contribution in [1.82, 2.24) is 20.4 Å². The van der Waals surface area contributed by atoms with E-state index in [4.69, 9.17) is 0 Å². The number of anilines is 1. The topological polar surface area (TPSA) is 78.4 Å². The van der Waals surface area contributed by atoms with E-state index in [0.29, 0.717) is 25.3 Å². The van der Waals surface area contributed by atoms with Crippen molar-refractivity contribution < 1.29 is 9.59 Å². The zero-order chi connectivity index (χ0) is 18.2. The normalized spacial score (nSPS) is 14.2. The summed E-state index contributed by atoms with van der Waals surface area (Å²) >= 11 is 0. The lowest BCUT2D eigenvalue weighted by Crippen LogP contribution is -2.46. The van der Waals surface area contributed by atoms with Crippen molar-refractivity contribution in [1.29, 1.82) is 0 Å². The molecule has 1 aliphatic heterocycles. The third kappa shape index (κ3) is 4.78. The summed E-state index contributed by atoms with van der Waals surface area (Å²) in [6, 6.07) is 13.7. The fourth-order valence-electron chi connectivity index (χ4n) is 2.90. The molecule has 7 nitrogen and oxygen atoms in total. The second kappa shape index (κ2) is 8.94. The zero-order valence-corrected chi connectivity index (χ0v) is 14.7. The highest BCUT2D eigenvalue weighted by Gasteiger charge is 2.17. The average Bonchev–Trinajstić information content (AvgIpc) is 2.72. The molecule has 1 fully saturated rings. The molecule has 1 saturated heterocycles. The number of nitrogens with zero attached hydrogens (tertiary/aromatic N) is 4. The lowest BCUT2D eigenvalue weighted by molar-refractivity contribution is -0.118. The lowest BCUT2D eigenvalue weighted by Gasteiger charge is -2.32. The van der Waals surface area contributed by atoms with Crippen LogP contribution >= 0.6 is 0 Å². The van der Waals surface area contributed by atoms with E-state index in [-0.39, 0.29) is 5.91 Å². The zero-order valence-electron chi connectivity index (χ0n) is 14.7. The van der Waals surface area contributed by atoms with Gasteiger partial charge in [0, 0.05) is 32.7 Å². The Kier molecular flexibility index (Phi) is 6.14. The molecule has 0 radical (unpaired) electrons. The second-order valence-electron chi connectivity index (χ2n) is 6.25. The van der Waals surface area contributed by atoms with Crippen LogP contribution in [-0.4, -0.2) is 60.1 Å². The minimum atomic E-state index is -0.206. The van der Waals surface area contributed by atoms with Crippen molar-refractivity contribution in [2.45, 2.75) is 12.8 Å². The maximum absolute atomic E-state index is 12.2. The fourth-order valence-corrected chi connectivity index (χ4v) is 2.90. The molecular weight excluding hydrogens is 330 g/mol. The van der Waals surface area contributed by atoms with Gasteiger partial charge in [0.15, 0.2) is 11.5 Å². The van der Waals surface area contributed by atoms with E-state index in [1.807, 2.05) is 24.3 Å². The average molecular weight is 353 g/mol. The molecule has 26 heavy (non-hydrogen) atoms. The van der Waals surface area contributed by atoms with Crippen LogP contribution in [0.25, 0.3) is 0 Å². The number of hydrogen-bond donors (Lipinski definition) is 1. The number of aryl methyl sites for hydroxylation is 1. The van der Waals surface area contributed by atoms with Gasteiger partial charge in [-0.3, -0.25) is 9.59 Å². The lowest BCUT2D eigenvalue weighted by atomic mass is 10.1. The highest BCUT2D eigenvalue weighted by atomic mass is 16.2. The first-order chi connectivity index (χ1) is 12.8. The van der Waals surface area contributed by atoms with Gasteiger partial charge in [-0.05, 0) is 30.5 Å². The molecule has 136 valence electrons. The number of carbonyl (C=O) groups excluding carboxylic acids is 2. The van der Waals surface area contributed by atoms with E-state index in [1.54, 1.807) is 11.0 Å². The Labute approximate surface area is 153 Å². The van der Waals surface area contributed by atoms with Gasteiger partial charge in [0.25, 0.3) is 5.91 Å². The van der Waals surface area contributed by atoms with Crippen LogP contribution in [0.1, 0.15) is 22.5 Å². The van der Waals surface area contributed by atoms with Crippen LogP contribution in [0.3, 0.4) is 0 Å². The maximum Gasteiger partial charge on any atom is 0.271 e. The van der Waals surface area contributed by atoms with Gasteiger partial charge in [0.05, 0.1) is 0 Å². The molecule has 0 saturated carbocycles. The monoisotopic (exact) mass is 353 g/mol. The molecule has 0 spiro atoms. The number of hydrogen-bond acceptors (Lipinski definition) is 5. The van der Waals surface area contributed by atoms with Crippen molar-refractivity contribution in [2.75, 3.05) is 37.6 Å². The molecule has 1 aromatic carbocycles. The number of piperazine rings is 1. The number of carbonyl (C=O) groups is 2. The molecule has 0 aliphatic carbocycles. The summed E-state index contributed by atoms with van der Waals surface area (Å²) in [5.41, 5.74) is 1.58. The van der Waals surface area contributed by atoms with Crippen molar-refractivity contribution >= 4 is 18.1 Å². The quantitative estimate of drug-likeness (QED) is 0.596. The molecule has 2 amide bonds. The molecule has 1 aromatic heterocycles. The van der Waals surface area contributed by atoms with Crippen LogP contribution < -0.4 is 10.2 Å². The van der Waals surface area contributed by atoms with E-state index < -0.39 is 0 Å². The molecule has 1 aliphatic rings. The van der Waals surface area contributed by atoms with E-state index in [9.17, 15) is 9.59 Å². The van der Waals surface area contributed by atoms with Gasteiger partial charge in [-0.2, -0.15) is 0 Å². The third-order valence-corrected chi connectivity index (χ3v) is 4.44. The number of nitrogens with one attached hydrogen (secondary N) is 1. The van der Waals surface area contributed by atoms with Crippen LogP contribution in [0.15, 0.2) is 42.5 Å². The SMILES string of the molecule is O=CN1CCN(c2ccc(C(=O)NCCCc3ccccc3)nn2)CC1. The van der Waals surface area contributed by atoms with E-state index in [2.05, 4.69) is 32.5 Å². The first-order valence-electron chi connectivity index (χ1n) is 8.86. The first kappa shape index (κ1) is 17.8. The summed E-state index contributed by atoms with van der Waals surface area (Å²) in [5, 5.41) is 11.1. The molecule has 0 bridgehead atoms. The maximum atomic E-state index is 12.2. The predicted molar refractivity (Wildman–Crippen MR) is 99.0 cm³/mol. The standard InChI is InChI=1S/C19H23N5O2/c25-15-23-11-13-24(14-12-23)18-9-8-17(21-22-18)19(26)20-10-4-7-16-5-2-1-3-6-16/h1-3,5-6,8-9,15H,4,7,10-14H2,(H,20,26). The van der Waals surface area contributed by atoms with Crippen molar-refractivity contribution in [2.24, 2.45) is 0 Å². The van der Waals surface area contributed by atoms with E-state index >= 15 is 0 Å². The van der Waals surface area contributed by atoms with Crippen LogP contribution in [0.2, 0.25) is 0 Å². The summed E-state index contributed by atoms with van der Waals surface area (Å²) in [7, 11) is 0. The van der Waals surface area contributed by atoms with Crippen molar-refractivity contribution in [3.05, 3.63) is 53.7 Å². The minimum Gasteiger partial charge on any atom is -0.352 e. The van der Waals surface area contributed by atoms with Gasteiger partial charge in [0.1, 0.15) is 0 Å². The van der Waals surface area contributed by atoms with Gasteiger partial charge < -0.3 is 15.1 Å². The van der Waals surface area contributed by atoms with Gasteiger partial charge in [-0.25, -0.2) is 0 Å². The number of amides is 2. The Morgan fingerprint density at radius 1 is 1.04 bits per heavy atom. The Morgan fingerprint density at radius 3 is 2.46 bits per heavy atom. The predicted octanol–water partition coefficient (Wildman–Crippen LogP) is 1.12. The summed E-state index contributed by atoms with van der Waals surface area (Å²) < 4.78 is 0. The molecule has 0 atom stereocenters. The van der Waals surface area contributed by atoms with Gasteiger partial charge in [-0.15, -0.1) is 10.2 Å². The fraction of sp³-hybridized carbons (Fsp3) is 0.368. The number of aromatic nitrogens is 2. The molecule has 1 N–H and O–H groups in total. The summed E-state index contributed by atoms with van der Waals surface area (Å²) in [6.07, 6.45) is 2.68. The van der Waals surface area contributed by atoms with Crippen LogP contribution in [-0.2, 0) is 11.2 Å².